The molecule has 2 heterocycles. The van der Waals surface area contributed by atoms with E-state index in [9.17, 15) is 0 Å². The van der Waals surface area contributed by atoms with Crippen molar-refractivity contribution in [3.63, 3.8) is 0 Å². The molecule has 0 fully saturated rings. The molecule has 0 amide bonds. The third-order valence-electron chi connectivity index (χ3n) is 1.25. The molecule has 0 aliphatic heterocycles. The molecule has 0 bridgehead atoms. The average molecular weight is 250 g/mol. The fraction of sp³-hybridized carbons (Fsp3) is 0.167. The van der Waals surface area contributed by atoms with E-state index in [-0.39, 0.29) is 0 Å². The van der Waals surface area contributed by atoms with E-state index in [0.29, 0.717) is 4.34 Å². The molecule has 0 N–H and O–H groups in total. The number of hydrogen-bond donors (Lipinski definition) is 0. The predicted octanol–water partition coefficient (Wildman–Crippen LogP) is 2.94. The molecule has 0 radical (unpaired) electrons. The van der Waals surface area contributed by atoms with Crippen molar-refractivity contribution in [1.82, 2.24) is 14.6 Å². The van der Waals surface area contributed by atoms with Gasteiger partial charge in [-0.1, -0.05) is 27.9 Å². The molecule has 0 aliphatic carbocycles. The predicted molar refractivity (Wildman–Crippen MR) is 56.6 cm³/mol. The van der Waals surface area contributed by atoms with Crippen LogP contribution >= 0.6 is 46.2 Å². The van der Waals surface area contributed by atoms with Crippen LogP contribution in [0.15, 0.2) is 15.9 Å². The molecule has 68 valence electrons. The van der Waals surface area contributed by atoms with E-state index in [4.69, 9.17) is 11.6 Å². The lowest BCUT2D eigenvalue weighted by atomic mass is 10.6. The fourth-order valence-electron chi connectivity index (χ4n) is 0.695. The number of thiazole rings is 1. The van der Waals surface area contributed by atoms with Gasteiger partial charge in [0, 0.05) is 28.9 Å². The normalized spacial score (nSPS) is 10.5. The second-order valence-corrected chi connectivity index (χ2v) is 5.55. The van der Waals surface area contributed by atoms with Crippen molar-refractivity contribution >= 4 is 46.2 Å². The van der Waals surface area contributed by atoms with Crippen molar-refractivity contribution in [2.75, 3.05) is 0 Å². The Kier molecular flexibility index (Phi) is 3.15. The molecule has 0 spiro atoms. The van der Waals surface area contributed by atoms with Gasteiger partial charge in [-0.2, -0.15) is 0 Å². The lowest BCUT2D eigenvalue weighted by molar-refractivity contribution is 1.07. The summed E-state index contributed by atoms with van der Waals surface area (Å²) in [7, 11) is 0. The monoisotopic (exact) mass is 249 g/mol. The first-order chi connectivity index (χ1) is 6.36. The molecule has 3 nitrogen and oxygen atoms in total. The Labute approximate surface area is 92.3 Å². The number of nitrogens with zero attached hydrogens (tertiary/aromatic N) is 3. The van der Waals surface area contributed by atoms with Gasteiger partial charge in [0.05, 0.1) is 0 Å². The molecule has 2 aromatic rings. The summed E-state index contributed by atoms with van der Waals surface area (Å²) in [6, 6.07) is 0. The quantitative estimate of drug-likeness (QED) is 0.784. The van der Waals surface area contributed by atoms with Crippen molar-refractivity contribution < 1.29 is 0 Å². The van der Waals surface area contributed by atoms with Crippen molar-refractivity contribution in [1.29, 1.82) is 0 Å². The van der Waals surface area contributed by atoms with Gasteiger partial charge in [0.1, 0.15) is 14.4 Å². The van der Waals surface area contributed by atoms with Gasteiger partial charge in [0.2, 0.25) is 0 Å². The molecule has 0 aromatic carbocycles. The maximum absolute atomic E-state index is 5.84. The van der Waals surface area contributed by atoms with E-state index in [1.165, 1.54) is 11.5 Å². The van der Waals surface area contributed by atoms with Crippen molar-refractivity contribution in [2.45, 2.75) is 10.1 Å². The van der Waals surface area contributed by atoms with Crippen LogP contribution in [0.4, 0.5) is 0 Å². The smallest absolute Gasteiger partial charge is 0.150 e. The van der Waals surface area contributed by atoms with Gasteiger partial charge in [0.25, 0.3) is 0 Å². The molecule has 7 heteroatoms. The van der Waals surface area contributed by atoms with E-state index < -0.39 is 0 Å². The molecular formula is C6H4ClN3S3. The SMILES string of the molecule is Clc1snnc1CSc1nccs1. The van der Waals surface area contributed by atoms with Crippen LogP contribution in [0.3, 0.4) is 0 Å². The Morgan fingerprint density at radius 3 is 3.08 bits per heavy atom. The van der Waals surface area contributed by atoms with E-state index in [2.05, 4.69) is 14.6 Å². The highest BCUT2D eigenvalue weighted by atomic mass is 35.5. The third-order valence-corrected chi connectivity index (χ3v) is 4.21. The maximum atomic E-state index is 5.84. The van der Waals surface area contributed by atoms with Gasteiger partial charge in [-0.25, -0.2) is 4.98 Å². The lowest BCUT2D eigenvalue weighted by Gasteiger charge is -1.92. The molecule has 0 saturated carbocycles. The van der Waals surface area contributed by atoms with Gasteiger partial charge in [-0.15, -0.1) is 16.4 Å². The summed E-state index contributed by atoms with van der Waals surface area (Å²) in [5, 5.41) is 5.86. The lowest BCUT2D eigenvalue weighted by Crippen LogP contribution is -1.81. The van der Waals surface area contributed by atoms with Gasteiger partial charge < -0.3 is 0 Å². The van der Waals surface area contributed by atoms with E-state index in [0.717, 1.165) is 15.8 Å². The molecule has 0 saturated heterocycles. The van der Waals surface area contributed by atoms with Crippen LogP contribution in [-0.2, 0) is 5.75 Å². The largest absolute Gasteiger partial charge is 0.238 e. The fourth-order valence-corrected chi connectivity index (χ4v) is 3.07. The van der Waals surface area contributed by atoms with Gasteiger partial charge in [0.15, 0.2) is 0 Å². The zero-order chi connectivity index (χ0) is 9.10. The number of aromatic nitrogens is 3. The topological polar surface area (TPSA) is 38.7 Å². The van der Waals surface area contributed by atoms with Crippen LogP contribution in [0.25, 0.3) is 0 Å². The summed E-state index contributed by atoms with van der Waals surface area (Å²) in [6.45, 7) is 0. The second-order valence-electron chi connectivity index (χ2n) is 2.08. The Balaban J connectivity index is 1.97. The first-order valence-electron chi connectivity index (χ1n) is 3.35. The summed E-state index contributed by atoms with van der Waals surface area (Å²) in [5.74, 6) is 0.739. The van der Waals surface area contributed by atoms with E-state index >= 15 is 0 Å². The number of halogens is 1. The zero-order valence-electron chi connectivity index (χ0n) is 6.31. The minimum atomic E-state index is 0.670. The molecular weight excluding hydrogens is 246 g/mol. The van der Waals surface area contributed by atoms with E-state index in [1.54, 1.807) is 29.3 Å². The van der Waals surface area contributed by atoms with Crippen LogP contribution in [0, 0.1) is 0 Å². The Bertz CT molecular complexity index is 372. The number of rotatable bonds is 3. The molecule has 2 rings (SSSR count). The minimum absolute atomic E-state index is 0.670. The third kappa shape index (κ3) is 2.40. The standard InChI is InChI=1S/C6H4ClN3S3/c7-5-4(9-10-13-5)3-12-6-8-1-2-11-6/h1-2H,3H2. The molecule has 13 heavy (non-hydrogen) atoms. The summed E-state index contributed by atoms with van der Waals surface area (Å²) in [4.78, 5) is 4.14. The highest BCUT2D eigenvalue weighted by Crippen LogP contribution is 2.27. The highest BCUT2D eigenvalue weighted by Gasteiger charge is 2.06. The van der Waals surface area contributed by atoms with Crippen LogP contribution in [0.2, 0.25) is 4.34 Å². The summed E-state index contributed by atoms with van der Waals surface area (Å²) < 4.78 is 5.45. The summed E-state index contributed by atoms with van der Waals surface area (Å²) in [6.07, 6.45) is 1.79. The first-order valence-corrected chi connectivity index (χ1v) is 6.37. The van der Waals surface area contributed by atoms with Gasteiger partial charge in [-0.05, 0) is 0 Å². The molecule has 2 aromatic heterocycles. The van der Waals surface area contributed by atoms with Crippen LogP contribution in [-0.4, -0.2) is 14.6 Å². The van der Waals surface area contributed by atoms with Crippen LogP contribution in [0.5, 0.6) is 0 Å². The molecule has 0 unspecified atom stereocenters. The van der Waals surface area contributed by atoms with Gasteiger partial charge in [-0.3, -0.25) is 0 Å². The minimum Gasteiger partial charge on any atom is -0.238 e. The summed E-state index contributed by atoms with van der Waals surface area (Å²) in [5.41, 5.74) is 0.840. The highest BCUT2D eigenvalue weighted by molar-refractivity contribution is 8.00. The molecule has 0 atom stereocenters. The maximum Gasteiger partial charge on any atom is 0.150 e. The van der Waals surface area contributed by atoms with Crippen LogP contribution in [0.1, 0.15) is 5.69 Å². The Morgan fingerprint density at radius 2 is 2.46 bits per heavy atom. The van der Waals surface area contributed by atoms with E-state index in [1.807, 2.05) is 5.38 Å². The number of hydrogen-bond acceptors (Lipinski definition) is 6. The number of thioether (sulfide) groups is 1. The summed E-state index contributed by atoms with van der Waals surface area (Å²) >= 11 is 10.3. The Hall–Kier alpha value is -0.170. The van der Waals surface area contributed by atoms with Crippen molar-refractivity contribution in [2.24, 2.45) is 0 Å². The first kappa shape index (κ1) is 9.39. The molecule has 0 aliphatic rings. The van der Waals surface area contributed by atoms with Crippen LogP contribution < -0.4 is 0 Å². The van der Waals surface area contributed by atoms with Gasteiger partial charge >= 0.3 is 0 Å². The zero-order valence-corrected chi connectivity index (χ0v) is 9.51. The Morgan fingerprint density at radius 1 is 1.54 bits per heavy atom. The van der Waals surface area contributed by atoms with Crippen molar-refractivity contribution in [3.8, 4) is 0 Å². The average Bonchev–Trinajstić information content (AvgIpc) is 2.72. The van der Waals surface area contributed by atoms with Crippen molar-refractivity contribution in [3.05, 3.63) is 21.6 Å². The second kappa shape index (κ2) is 4.36.